The highest BCUT2D eigenvalue weighted by atomic mass is 35.5. The average Bonchev–Trinajstić information content (AvgIpc) is 2.60. The second kappa shape index (κ2) is 10.9. The van der Waals surface area contributed by atoms with E-state index >= 15 is 0 Å². The van der Waals surface area contributed by atoms with Gasteiger partial charge in [-0.15, -0.1) is 24.8 Å². The van der Waals surface area contributed by atoms with Crippen LogP contribution in [0, 0.1) is 5.41 Å². The van der Waals surface area contributed by atoms with Crippen LogP contribution in [-0.4, -0.2) is 17.4 Å². The molecule has 0 atom stereocenters. The minimum absolute atomic E-state index is 0. The number of carbonyl (C=O) groups excluding carboxylic acids is 1. The molecule has 1 amide bonds. The van der Waals surface area contributed by atoms with Crippen molar-refractivity contribution >= 4 is 36.4 Å². The summed E-state index contributed by atoms with van der Waals surface area (Å²) in [5.41, 5.74) is 6.02. The number of nitrogens with one attached hydrogen (secondary N) is 1. The summed E-state index contributed by atoms with van der Waals surface area (Å²) < 4.78 is 5.63. The van der Waals surface area contributed by atoms with Gasteiger partial charge in [0.25, 0.3) is 0 Å². The highest BCUT2D eigenvalue weighted by molar-refractivity contribution is 5.95. The van der Waals surface area contributed by atoms with Crippen LogP contribution in [0.15, 0.2) is 48.7 Å². The van der Waals surface area contributed by atoms with Crippen LogP contribution in [0.2, 0.25) is 0 Å². The third-order valence-electron chi connectivity index (χ3n) is 4.20. The van der Waals surface area contributed by atoms with Gasteiger partial charge in [0.2, 0.25) is 11.8 Å². The van der Waals surface area contributed by atoms with Gasteiger partial charge in [-0.25, -0.2) is 4.98 Å². The first-order chi connectivity index (χ1) is 11.1. The molecule has 1 aromatic heterocycles. The van der Waals surface area contributed by atoms with Crippen LogP contribution in [0.3, 0.4) is 0 Å². The highest BCUT2D eigenvalue weighted by Crippen LogP contribution is 2.28. The fraction of sp³-hybridized carbons (Fsp3) is 0.333. The predicted molar refractivity (Wildman–Crippen MR) is 106 cm³/mol. The lowest BCUT2D eigenvalue weighted by Crippen LogP contribution is -2.41. The number of rotatable bonds is 7. The summed E-state index contributed by atoms with van der Waals surface area (Å²) in [7, 11) is 0. The molecule has 7 heteroatoms. The SMILES string of the molecule is CCC(CC)(CN)C(=O)Nc1ccc(Oc2ccccn2)cc1.Cl.Cl. The Morgan fingerprint density at radius 2 is 1.76 bits per heavy atom. The van der Waals surface area contributed by atoms with E-state index in [4.69, 9.17) is 10.5 Å². The molecular weight excluding hydrogens is 361 g/mol. The molecule has 1 aromatic carbocycles. The number of ether oxygens (including phenoxy) is 1. The first-order valence-electron chi connectivity index (χ1n) is 7.84. The lowest BCUT2D eigenvalue weighted by Gasteiger charge is -2.28. The Morgan fingerprint density at radius 1 is 1.12 bits per heavy atom. The lowest BCUT2D eigenvalue weighted by molar-refractivity contribution is -0.125. The molecule has 0 aliphatic heterocycles. The van der Waals surface area contributed by atoms with Gasteiger partial charge >= 0.3 is 0 Å². The zero-order chi connectivity index (χ0) is 16.7. The number of carbonyl (C=O) groups is 1. The molecular formula is C18H25Cl2N3O2. The molecule has 0 aliphatic rings. The van der Waals surface area contributed by atoms with Crippen molar-refractivity contribution in [3.63, 3.8) is 0 Å². The Morgan fingerprint density at radius 3 is 2.24 bits per heavy atom. The van der Waals surface area contributed by atoms with Crippen LogP contribution in [0.4, 0.5) is 5.69 Å². The number of hydrogen-bond acceptors (Lipinski definition) is 4. The van der Waals surface area contributed by atoms with Gasteiger partial charge in [-0.1, -0.05) is 19.9 Å². The number of halogens is 2. The molecule has 0 bridgehead atoms. The van der Waals surface area contributed by atoms with E-state index in [1.807, 2.05) is 38.1 Å². The van der Waals surface area contributed by atoms with Crippen molar-refractivity contribution < 1.29 is 9.53 Å². The van der Waals surface area contributed by atoms with Crippen LogP contribution in [0.1, 0.15) is 26.7 Å². The Hall–Kier alpha value is -1.82. The number of pyridine rings is 1. The van der Waals surface area contributed by atoms with Crippen molar-refractivity contribution in [2.75, 3.05) is 11.9 Å². The average molecular weight is 386 g/mol. The van der Waals surface area contributed by atoms with Crippen molar-refractivity contribution in [2.45, 2.75) is 26.7 Å². The molecule has 0 spiro atoms. The molecule has 1 heterocycles. The van der Waals surface area contributed by atoms with E-state index in [1.165, 1.54) is 0 Å². The van der Waals surface area contributed by atoms with E-state index in [0.29, 0.717) is 31.0 Å². The fourth-order valence-corrected chi connectivity index (χ4v) is 2.35. The number of amides is 1. The van der Waals surface area contributed by atoms with E-state index in [2.05, 4.69) is 10.3 Å². The maximum Gasteiger partial charge on any atom is 0.231 e. The number of nitrogens with zero attached hydrogens (tertiary/aromatic N) is 1. The zero-order valence-electron chi connectivity index (χ0n) is 14.4. The van der Waals surface area contributed by atoms with Crippen molar-refractivity contribution in [3.05, 3.63) is 48.7 Å². The molecule has 0 saturated heterocycles. The number of nitrogens with two attached hydrogens (primary N) is 1. The van der Waals surface area contributed by atoms with Gasteiger partial charge in [-0.05, 0) is 43.2 Å². The van der Waals surface area contributed by atoms with Crippen LogP contribution in [-0.2, 0) is 4.79 Å². The molecule has 2 rings (SSSR count). The summed E-state index contributed by atoms with van der Waals surface area (Å²) in [6, 6.07) is 12.7. The minimum Gasteiger partial charge on any atom is -0.439 e. The summed E-state index contributed by atoms with van der Waals surface area (Å²) >= 11 is 0. The fourth-order valence-electron chi connectivity index (χ4n) is 2.35. The quantitative estimate of drug-likeness (QED) is 0.739. The Kier molecular flexibility index (Phi) is 10.1. The van der Waals surface area contributed by atoms with Crippen molar-refractivity contribution in [1.82, 2.24) is 4.98 Å². The number of anilines is 1. The molecule has 0 saturated carbocycles. The van der Waals surface area contributed by atoms with E-state index in [0.717, 1.165) is 5.69 Å². The Bertz CT molecular complexity index is 624. The van der Waals surface area contributed by atoms with Crippen LogP contribution in [0.25, 0.3) is 0 Å². The maximum absolute atomic E-state index is 12.5. The molecule has 0 aliphatic carbocycles. The smallest absolute Gasteiger partial charge is 0.231 e. The summed E-state index contributed by atoms with van der Waals surface area (Å²) in [5.74, 6) is 1.16. The Balaban J connectivity index is 0.00000288. The topological polar surface area (TPSA) is 77.2 Å². The van der Waals surface area contributed by atoms with Crippen molar-refractivity contribution in [1.29, 1.82) is 0 Å². The highest BCUT2D eigenvalue weighted by Gasteiger charge is 2.33. The van der Waals surface area contributed by atoms with Crippen LogP contribution in [0.5, 0.6) is 11.6 Å². The summed E-state index contributed by atoms with van der Waals surface area (Å²) in [4.78, 5) is 16.6. The van der Waals surface area contributed by atoms with E-state index in [-0.39, 0.29) is 30.7 Å². The van der Waals surface area contributed by atoms with Gasteiger partial charge in [0, 0.05) is 24.5 Å². The van der Waals surface area contributed by atoms with Gasteiger partial charge in [-0.3, -0.25) is 4.79 Å². The predicted octanol–water partition coefficient (Wildman–Crippen LogP) is 4.42. The van der Waals surface area contributed by atoms with E-state index in [1.54, 1.807) is 24.4 Å². The lowest BCUT2D eigenvalue weighted by atomic mass is 9.81. The van der Waals surface area contributed by atoms with Gasteiger partial charge < -0.3 is 15.8 Å². The first-order valence-corrected chi connectivity index (χ1v) is 7.84. The number of aromatic nitrogens is 1. The molecule has 0 radical (unpaired) electrons. The van der Waals surface area contributed by atoms with Crippen LogP contribution >= 0.6 is 24.8 Å². The zero-order valence-corrected chi connectivity index (χ0v) is 16.0. The normalized spacial score (nSPS) is 10.2. The minimum atomic E-state index is -0.511. The van der Waals surface area contributed by atoms with Gasteiger partial charge in [-0.2, -0.15) is 0 Å². The Labute approximate surface area is 161 Å². The van der Waals surface area contributed by atoms with Gasteiger partial charge in [0.1, 0.15) is 5.75 Å². The molecule has 2 aromatic rings. The maximum atomic E-state index is 12.5. The third kappa shape index (κ3) is 5.88. The monoisotopic (exact) mass is 385 g/mol. The molecule has 0 unspecified atom stereocenters. The molecule has 138 valence electrons. The van der Waals surface area contributed by atoms with Crippen molar-refractivity contribution in [2.24, 2.45) is 11.1 Å². The van der Waals surface area contributed by atoms with Gasteiger partial charge in [0.15, 0.2) is 0 Å². The third-order valence-corrected chi connectivity index (χ3v) is 4.20. The second-order valence-corrected chi connectivity index (χ2v) is 5.44. The summed E-state index contributed by atoms with van der Waals surface area (Å²) in [6.45, 7) is 4.31. The van der Waals surface area contributed by atoms with Crippen LogP contribution < -0.4 is 15.8 Å². The standard InChI is InChI=1S/C18H23N3O2.2ClH/c1-3-18(4-2,13-19)17(22)21-14-8-10-15(11-9-14)23-16-7-5-6-12-20-16;;/h5-12H,3-4,13,19H2,1-2H3,(H,21,22);2*1H. The van der Waals surface area contributed by atoms with Gasteiger partial charge in [0.05, 0.1) is 5.41 Å². The molecule has 25 heavy (non-hydrogen) atoms. The summed E-state index contributed by atoms with van der Waals surface area (Å²) in [5, 5.41) is 2.94. The van der Waals surface area contributed by atoms with E-state index < -0.39 is 5.41 Å². The second-order valence-electron chi connectivity index (χ2n) is 5.44. The number of hydrogen-bond donors (Lipinski definition) is 2. The largest absolute Gasteiger partial charge is 0.439 e. The molecule has 5 nitrogen and oxygen atoms in total. The van der Waals surface area contributed by atoms with E-state index in [9.17, 15) is 4.79 Å². The number of benzene rings is 1. The molecule has 3 N–H and O–H groups in total. The molecule has 0 fully saturated rings. The first kappa shape index (κ1) is 23.2. The van der Waals surface area contributed by atoms with Crippen molar-refractivity contribution in [3.8, 4) is 11.6 Å². The summed E-state index contributed by atoms with van der Waals surface area (Å²) in [6.07, 6.45) is 3.10.